The van der Waals surface area contributed by atoms with E-state index in [0.717, 1.165) is 16.8 Å². The monoisotopic (exact) mass is 251 g/mol. The molecule has 0 aliphatic rings. The van der Waals surface area contributed by atoms with Crippen LogP contribution in [0.1, 0.15) is 17.5 Å². The minimum Gasteiger partial charge on any atom is -0.382 e. The first-order valence-electron chi connectivity index (χ1n) is 6.08. The van der Waals surface area contributed by atoms with Crippen LogP contribution in [0.2, 0.25) is 0 Å². The first kappa shape index (κ1) is 14.7. The van der Waals surface area contributed by atoms with E-state index in [4.69, 9.17) is 9.47 Å². The number of ether oxygens (including phenoxy) is 2. The van der Waals surface area contributed by atoms with Crippen LogP contribution >= 0.6 is 0 Å². The van der Waals surface area contributed by atoms with Gasteiger partial charge >= 0.3 is 0 Å². The van der Waals surface area contributed by atoms with Gasteiger partial charge in [0, 0.05) is 12.8 Å². The van der Waals surface area contributed by atoms with E-state index in [1.165, 1.54) is 0 Å². The van der Waals surface area contributed by atoms with Crippen LogP contribution in [0.3, 0.4) is 0 Å². The standard InChI is InChI=1S/C14H21NO3/c1-11-5-4-6-12(2)14(11)15-13(16)7-8-18-10-9-17-3/h4-6H,7-10H2,1-3H3,(H,15,16). The molecule has 0 saturated heterocycles. The SMILES string of the molecule is COCCOCCC(=O)Nc1c(C)cccc1C. The van der Waals surface area contributed by atoms with Gasteiger partial charge in [0.05, 0.1) is 26.2 Å². The Kier molecular flexibility index (Phi) is 6.39. The molecule has 1 amide bonds. The fourth-order valence-corrected chi connectivity index (χ4v) is 1.62. The molecule has 18 heavy (non-hydrogen) atoms. The van der Waals surface area contributed by atoms with E-state index in [-0.39, 0.29) is 5.91 Å². The summed E-state index contributed by atoms with van der Waals surface area (Å²) in [5, 5.41) is 2.92. The molecule has 4 nitrogen and oxygen atoms in total. The molecule has 0 heterocycles. The summed E-state index contributed by atoms with van der Waals surface area (Å²) in [6.45, 7) is 5.46. The maximum atomic E-state index is 11.7. The second-order valence-electron chi connectivity index (χ2n) is 4.17. The van der Waals surface area contributed by atoms with Crippen molar-refractivity contribution in [2.75, 3.05) is 32.2 Å². The summed E-state index contributed by atoms with van der Waals surface area (Å²) in [5.41, 5.74) is 3.05. The molecule has 1 aromatic rings. The number of amides is 1. The van der Waals surface area contributed by atoms with Gasteiger partial charge in [-0.05, 0) is 25.0 Å². The minimum absolute atomic E-state index is 0.0233. The molecule has 0 spiro atoms. The second-order valence-corrected chi connectivity index (χ2v) is 4.17. The molecule has 1 N–H and O–H groups in total. The zero-order chi connectivity index (χ0) is 13.4. The lowest BCUT2D eigenvalue weighted by Gasteiger charge is -2.11. The molecule has 0 radical (unpaired) electrons. The lowest BCUT2D eigenvalue weighted by atomic mass is 10.1. The molecule has 100 valence electrons. The largest absolute Gasteiger partial charge is 0.382 e. The van der Waals surface area contributed by atoms with E-state index in [9.17, 15) is 4.79 Å². The van der Waals surface area contributed by atoms with Gasteiger partial charge in [0.1, 0.15) is 0 Å². The van der Waals surface area contributed by atoms with Crippen molar-refractivity contribution in [3.63, 3.8) is 0 Å². The number of benzene rings is 1. The second kappa shape index (κ2) is 7.84. The molecular formula is C14H21NO3. The average Bonchev–Trinajstić information content (AvgIpc) is 2.34. The minimum atomic E-state index is -0.0233. The van der Waals surface area contributed by atoms with E-state index in [0.29, 0.717) is 26.2 Å². The van der Waals surface area contributed by atoms with E-state index in [1.54, 1.807) is 7.11 Å². The van der Waals surface area contributed by atoms with Gasteiger partial charge in [-0.2, -0.15) is 0 Å². The Bertz CT molecular complexity index is 370. The summed E-state index contributed by atoms with van der Waals surface area (Å²) in [7, 11) is 1.62. The molecule has 0 fully saturated rings. The van der Waals surface area contributed by atoms with Crippen LogP contribution in [-0.4, -0.2) is 32.8 Å². The summed E-state index contributed by atoms with van der Waals surface area (Å²) in [4.78, 5) is 11.7. The van der Waals surface area contributed by atoms with Crippen LogP contribution in [0.4, 0.5) is 5.69 Å². The van der Waals surface area contributed by atoms with Crippen molar-refractivity contribution in [3.8, 4) is 0 Å². The van der Waals surface area contributed by atoms with Gasteiger partial charge in [-0.3, -0.25) is 4.79 Å². The van der Waals surface area contributed by atoms with Crippen LogP contribution in [0.25, 0.3) is 0 Å². The first-order valence-corrected chi connectivity index (χ1v) is 6.08. The first-order chi connectivity index (χ1) is 8.65. The number of rotatable bonds is 7. The predicted octanol–water partition coefficient (Wildman–Crippen LogP) is 2.30. The fourth-order valence-electron chi connectivity index (χ4n) is 1.62. The van der Waals surface area contributed by atoms with Crippen molar-refractivity contribution in [2.24, 2.45) is 0 Å². The Morgan fingerprint density at radius 2 is 1.83 bits per heavy atom. The molecule has 0 unspecified atom stereocenters. The lowest BCUT2D eigenvalue weighted by molar-refractivity contribution is -0.117. The number of hydrogen-bond donors (Lipinski definition) is 1. The van der Waals surface area contributed by atoms with Crippen LogP contribution in [0.15, 0.2) is 18.2 Å². The molecule has 4 heteroatoms. The van der Waals surface area contributed by atoms with Crippen LogP contribution < -0.4 is 5.32 Å². The Hall–Kier alpha value is -1.39. The summed E-state index contributed by atoms with van der Waals surface area (Å²) < 4.78 is 10.1. The Labute approximate surface area is 108 Å². The molecule has 1 rings (SSSR count). The Morgan fingerprint density at radius 3 is 2.44 bits per heavy atom. The topological polar surface area (TPSA) is 47.6 Å². The summed E-state index contributed by atoms with van der Waals surface area (Å²) >= 11 is 0. The number of nitrogens with one attached hydrogen (secondary N) is 1. The highest BCUT2D eigenvalue weighted by atomic mass is 16.5. The van der Waals surface area contributed by atoms with E-state index in [2.05, 4.69) is 5.32 Å². The average molecular weight is 251 g/mol. The molecule has 0 aliphatic heterocycles. The van der Waals surface area contributed by atoms with Gasteiger partial charge in [0.25, 0.3) is 0 Å². The summed E-state index contributed by atoms with van der Waals surface area (Å²) in [6.07, 6.45) is 0.359. The van der Waals surface area contributed by atoms with Gasteiger partial charge in [-0.25, -0.2) is 0 Å². The number of para-hydroxylation sites is 1. The Morgan fingerprint density at radius 1 is 1.17 bits per heavy atom. The number of aryl methyl sites for hydroxylation is 2. The van der Waals surface area contributed by atoms with E-state index >= 15 is 0 Å². The Balaban J connectivity index is 2.36. The molecule has 0 aromatic heterocycles. The van der Waals surface area contributed by atoms with Crippen molar-refractivity contribution in [1.29, 1.82) is 0 Å². The number of anilines is 1. The maximum absolute atomic E-state index is 11.7. The van der Waals surface area contributed by atoms with Crippen LogP contribution in [0.5, 0.6) is 0 Å². The van der Waals surface area contributed by atoms with Gasteiger partial charge in [0.2, 0.25) is 5.91 Å². The predicted molar refractivity (Wildman–Crippen MR) is 71.9 cm³/mol. The number of methoxy groups -OCH3 is 1. The number of hydrogen-bond acceptors (Lipinski definition) is 3. The maximum Gasteiger partial charge on any atom is 0.226 e. The van der Waals surface area contributed by atoms with Crippen LogP contribution in [0, 0.1) is 13.8 Å². The highest BCUT2D eigenvalue weighted by Crippen LogP contribution is 2.19. The smallest absolute Gasteiger partial charge is 0.226 e. The zero-order valence-electron chi connectivity index (χ0n) is 11.3. The van der Waals surface area contributed by atoms with Crippen molar-refractivity contribution in [3.05, 3.63) is 29.3 Å². The van der Waals surface area contributed by atoms with Crippen molar-refractivity contribution in [2.45, 2.75) is 20.3 Å². The van der Waals surface area contributed by atoms with Gasteiger partial charge in [-0.1, -0.05) is 18.2 Å². The van der Waals surface area contributed by atoms with Crippen molar-refractivity contribution < 1.29 is 14.3 Å². The molecular weight excluding hydrogens is 230 g/mol. The van der Waals surface area contributed by atoms with Gasteiger partial charge in [-0.15, -0.1) is 0 Å². The number of carbonyl (C=O) groups excluding carboxylic acids is 1. The highest BCUT2D eigenvalue weighted by Gasteiger charge is 2.06. The van der Waals surface area contributed by atoms with Gasteiger partial charge in [0.15, 0.2) is 0 Å². The van der Waals surface area contributed by atoms with Crippen molar-refractivity contribution >= 4 is 11.6 Å². The zero-order valence-corrected chi connectivity index (χ0v) is 11.3. The molecule has 1 aromatic carbocycles. The lowest BCUT2D eigenvalue weighted by Crippen LogP contribution is -2.16. The third-order valence-corrected chi connectivity index (χ3v) is 2.65. The summed E-state index contributed by atoms with van der Waals surface area (Å²) in [5.74, 6) is -0.0233. The summed E-state index contributed by atoms with van der Waals surface area (Å²) in [6, 6.07) is 5.95. The quantitative estimate of drug-likeness (QED) is 0.756. The molecule has 0 aliphatic carbocycles. The van der Waals surface area contributed by atoms with Gasteiger partial charge < -0.3 is 14.8 Å². The molecule has 0 saturated carbocycles. The van der Waals surface area contributed by atoms with Crippen LogP contribution in [-0.2, 0) is 14.3 Å². The normalized spacial score (nSPS) is 10.4. The third-order valence-electron chi connectivity index (χ3n) is 2.65. The third kappa shape index (κ3) is 4.85. The molecule has 0 atom stereocenters. The fraction of sp³-hybridized carbons (Fsp3) is 0.500. The van der Waals surface area contributed by atoms with Crippen molar-refractivity contribution in [1.82, 2.24) is 0 Å². The van der Waals surface area contributed by atoms with E-state index < -0.39 is 0 Å². The number of carbonyl (C=O) groups is 1. The molecule has 0 bridgehead atoms. The highest BCUT2D eigenvalue weighted by molar-refractivity contribution is 5.92. The van der Waals surface area contributed by atoms with E-state index in [1.807, 2.05) is 32.0 Å².